The topological polar surface area (TPSA) is 79.1 Å². The second-order valence-corrected chi connectivity index (χ2v) is 6.76. The van der Waals surface area contributed by atoms with E-state index in [9.17, 15) is 9.18 Å². The van der Waals surface area contributed by atoms with E-state index in [1.165, 1.54) is 35.9 Å². The summed E-state index contributed by atoms with van der Waals surface area (Å²) in [6, 6.07) is 6.60. The van der Waals surface area contributed by atoms with Crippen LogP contribution in [0.1, 0.15) is 28.5 Å². The zero-order chi connectivity index (χ0) is 20.1. The molecule has 3 rings (SSSR count). The lowest BCUT2D eigenvalue weighted by atomic mass is 10.2. The Bertz CT molecular complexity index is 993. The van der Waals surface area contributed by atoms with Crippen molar-refractivity contribution >= 4 is 17.7 Å². The number of hydrogen-bond donors (Lipinski definition) is 0. The van der Waals surface area contributed by atoms with Gasteiger partial charge in [0.1, 0.15) is 16.9 Å². The third kappa shape index (κ3) is 4.48. The Morgan fingerprint density at radius 3 is 2.82 bits per heavy atom. The van der Waals surface area contributed by atoms with E-state index >= 15 is 0 Å². The lowest BCUT2D eigenvalue weighted by molar-refractivity contribution is 0.0525. The summed E-state index contributed by atoms with van der Waals surface area (Å²) in [7, 11) is 1.43. The predicted octanol–water partition coefficient (Wildman–Crippen LogP) is 3.59. The second-order valence-electron chi connectivity index (χ2n) is 5.77. The molecule has 2 aromatic heterocycles. The number of aryl methyl sites for hydroxylation is 1. The summed E-state index contributed by atoms with van der Waals surface area (Å²) in [6.45, 7) is 3.78. The highest BCUT2D eigenvalue weighted by molar-refractivity contribution is 7.98. The van der Waals surface area contributed by atoms with Gasteiger partial charge in [0.2, 0.25) is 0 Å². The SMILES string of the molecule is CCOC(=O)c1cn(-c2cc(SCc3ccc(OC)c(F)c3)ncn2)nc1C. The first-order chi connectivity index (χ1) is 13.5. The van der Waals surface area contributed by atoms with Gasteiger partial charge in [0.25, 0.3) is 0 Å². The number of carbonyl (C=O) groups is 1. The smallest absolute Gasteiger partial charge is 0.341 e. The average Bonchev–Trinajstić information content (AvgIpc) is 3.09. The maximum absolute atomic E-state index is 13.8. The van der Waals surface area contributed by atoms with Crippen molar-refractivity contribution in [2.24, 2.45) is 0 Å². The highest BCUT2D eigenvalue weighted by Crippen LogP contribution is 2.25. The summed E-state index contributed by atoms with van der Waals surface area (Å²) in [4.78, 5) is 20.4. The Balaban J connectivity index is 1.75. The maximum Gasteiger partial charge on any atom is 0.341 e. The van der Waals surface area contributed by atoms with Gasteiger partial charge in [-0.05, 0) is 31.5 Å². The third-order valence-corrected chi connectivity index (χ3v) is 4.86. The number of esters is 1. The Morgan fingerprint density at radius 2 is 2.11 bits per heavy atom. The van der Waals surface area contributed by atoms with E-state index in [2.05, 4.69) is 15.1 Å². The van der Waals surface area contributed by atoms with Crippen molar-refractivity contribution in [3.05, 3.63) is 59.4 Å². The Morgan fingerprint density at radius 1 is 1.29 bits per heavy atom. The molecule has 0 saturated carbocycles. The van der Waals surface area contributed by atoms with E-state index in [4.69, 9.17) is 9.47 Å². The van der Waals surface area contributed by atoms with E-state index in [0.717, 1.165) is 5.56 Å². The summed E-state index contributed by atoms with van der Waals surface area (Å²) in [5.41, 5.74) is 1.76. The molecule has 7 nitrogen and oxygen atoms in total. The molecular formula is C19H19FN4O3S. The predicted molar refractivity (Wildman–Crippen MR) is 102 cm³/mol. The second kappa shape index (κ2) is 8.83. The minimum atomic E-state index is -0.420. The van der Waals surface area contributed by atoms with Crippen molar-refractivity contribution in [1.29, 1.82) is 0 Å². The molecule has 0 radical (unpaired) electrons. The van der Waals surface area contributed by atoms with Crippen molar-refractivity contribution in [2.45, 2.75) is 24.6 Å². The first kappa shape index (κ1) is 19.8. The van der Waals surface area contributed by atoms with Gasteiger partial charge in [-0.3, -0.25) is 0 Å². The summed E-state index contributed by atoms with van der Waals surface area (Å²) in [5.74, 6) is 0.448. The molecule has 0 aliphatic carbocycles. The largest absolute Gasteiger partial charge is 0.494 e. The number of nitrogens with zero attached hydrogens (tertiary/aromatic N) is 4. The average molecular weight is 402 g/mol. The van der Waals surface area contributed by atoms with Crippen LogP contribution in [0.5, 0.6) is 5.75 Å². The van der Waals surface area contributed by atoms with E-state index in [1.54, 1.807) is 38.2 Å². The molecule has 0 fully saturated rings. The molecule has 1 aromatic carbocycles. The molecule has 2 heterocycles. The zero-order valence-electron chi connectivity index (χ0n) is 15.7. The van der Waals surface area contributed by atoms with Crippen molar-refractivity contribution in [3.8, 4) is 11.6 Å². The number of rotatable bonds is 7. The lowest BCUT2D eigenvalue weighted by Gasteiger charge is -2.06. The van der Waals surface area contributed by atoms with Gasteiger partial charge < -0.3 is 9.47 Å². The quantitative estimate of drug-likeness (QED) is 0.339. The number of halogens is 1. The van der Waals surface area contributed by atoms with E-state index in [1.807, 2.05) is 0 Å². The summed E-state index contributed by atoms with van der Waals surface area (Å²) >= 11 is 1.44. The normalized spacial score (nSPS) is 10.7. The van der Waals surface area contributed by atoms with Crippen LogP contribution in [0.3, 0.4) is 0 Å². The molecule has 0 aliphatic heterocycles. The number of thioether (sulfide) groups is 1. The fraction of sp³-hybridized carbons (Fsp3) is 0.263. The molecule has 0 unspecified atom stereocenters. The number of hydrogen-bond acceptors (Lipinski definition) is 7. The van der Waals surface area contributed by atoms with Gasteiger partial charge >= 0.3 is 5.97 Å². The van der Waals surface area contributed by atoms with Crippen LogP contribution in [-0.2, 0) is 10.5 Å². The minimum absolute atomic E-state index is 0.213. The van der Waals surface area contributed by atoms with Crippen LogP contribution in [0.2, 0.25) is 0 Å². The maximum atomic E-state index is 13.8. The molecule has 146 valence electrons. The molecule has 9 heteroatoms. The van der Waals surface area contributed by atoms with Crippen LogP contribution in [0.4, 0.5) is 4.39 Å². The van der Waals surface area contributed by atoms with Gasteiger partial charge in [-0.25, -0.2) is 23.8 Å². The number of ether oxygens (including phenoxy) is 2. The summed E-state index contributed by atoms with van der Waals surface area (Å²) in [5, 5.41) is 5.03. The summed E-state index contributed by atoms with van der Waals surface area (Å²) < 4.78 is 25.3. The number of methoxy groups -OCH3 is 1. The Kier molecular flexibility index (Phi) is 6.25. The van der Waals surface area contributed by atoms with Crippen LogP contribution in [-0.4, -0.2) is 39.4 Å². The standard InChI is InChI=1S/C19H19FN4O3S/c1-4-27-19(25)14-9-24(23-12(14)2)17-8-18(22-11-21-17)28-10-13-5-6-16(26-3)15(20)7-13/h5-9,11H,4,10H2,1-3H3. The highest BCUT2D eigenvalue weighted by atomic mass is 32.2. The Labute approximate surface area is 165 Å². The van der Waals surface area contributed by atoms with Crippen molar-refractivity contribution in [3.63, 3.8) is 0 Å². The Hall–Kier alpha value is -2.94. The van der Waals surface area contributed by atoms with Crippen molar-refractivity contribution < 1.29 is 18.7 Å². The molecular weight excluding hydrogens is 383 g/mol. The van der Waals surface area contributed by atoms with Crippen molar-refractivity contribution in [2.75, 3.05) is 13.7 Å². The molecule has 0 spiro atoms. The van der Waals surface area contributed by atoms with E-state index in [0.29, 0.717) is 34.5 Å². The van der Waals surface area contributed by atoms with E-state index < -0.39 is 11.8 Å². The molecule has 0 bridgehead atoms. The van der Waals surface area contributed by atoms with Gasteiger partial charge in [0.15, 0.2) is 17.4 Å². The molecule has 28 heavy (non-hydrogen) atoms. The van der Waals surface area contributed by atoms with Crippen LogP contribution < -0.4 is 4.74 Å². The lowest BCUT2D eigenvalue weighted by Crippen LogP contribution is -2.04. The highest BCUT2D eigenvalue weighted by Gasteiger charge is 2.16. The third-order valence-electron chi connectivity index (χ3n) is 3.86. The molecule has 0 amide bonds. The molecule has 3 aromatic rings. The van der Waals surface area contributed by atoms with Crippen LogP contribution in [0.15, 0.2) is 41.8 Å². The van der Waals surface area contributed by atoms with Gasteiger partial charge in [-0.1, -0.05) is 6.07 Å². The zero-order valence-corrected chi connectivity index (χ0v) is 16.5. The fourth-order valence-electron chi connectivity index (χ4n) is 2.48. The number of carbonyl (C=O) groups excluding carboxylic acids is 1. The molecule has 0 atom stereocenters. The van der Waals surface area contributed by atoms with Gasteiger partial charge in [-0.2, -0.15) is 5.10 Å². The number of aromatic nitrogens is 4. The van der Waals surface area contributed by atoms with Crippen LogP contribution >= 0.6 is 11.8 Å². The minimum Gasteiger partial charge on any atom is -0.494 e. The monoisotopic (exact) mass is 402 g/mol. The van der Waals surface area contributed by atoms with Crippen LogP contribution in [0.25, 0.3) is 5.82 Å². The fourth-order valence-corrected chi connectivity index (χ4v) is 3.28. The first-order valence-electron chi connectivity index (χ1n) is 8.52. The first-order valence-corrected chi connectivity index (χ1v) is 9.51. The van der Waals surface area contributed by atoms with Gasteiger partial charge in [0, 0.05) is 18.0 Å². The summed E-state index contributed by atoms with van der Waals surface area (Å²) in [6.07, 6.45) is 3.01. The van der Waals surface area contributed by atoms with Crippen LogP contribution in [0, 0.1) is 12.7 Å². The molecule has 0 aliphatic rings. The van der Waals surface area contributed by atoms with Crippen molar-refractivity contribution in [1.82, 2.24) is 19.7 Å². The number of benzene rings is 1. The van der Waals surface area contributed by atoms with Gasteiger partial charge in [-0.15, -0.1) is 11.8 Å². The van der Waals surface area contributed by atoms with Gasteiger partial charge in [0.05, 0.1) is 19.4 Å². The molecule has 0 N–H and O–H groups in total. The van der Waals surface area contributed by atoms with E-state index in [-0.39, 0.29) is 5.75 Å². The molecule has 0 saturated heterocycles.